The summed E-state index contributed by atoms with van der Waals surface area (Å²) in [5.41, 5.74) is 0.374. The highest BCUT2D eigenvalue weighted by molar-refractivity contribution is 5.76. The van der Waals surface area contributed by atoms with E-state index in [2.05, 4.69) is 10.3 Å². The van der Waals surface area contributed by atoms with Gasteiger partial charge < -0.3 is 14.6 Å². The Hall–Kier alpha value is -3.20. The molecule has 3 aromatic rings. The molecular weight excluding hydrogens is 374 g/mol. The average Bonchev–Trinajstić information content (AvgIpc) is 3.16. The number of rotatable bonds is 9. The third-order valence-corrected chi connectivity index (χ3v) is 4.58. The maximum Gasteiger partial charge on any atom is 0.333 e. The van der Waals surface area contributed by atoms with Crippen molar-refractivity contribution in [3.63, 3.8) is 0 Å². The van der Waals surface area contributed by atoms with Crippen molar-refractivity contribution in [2.45, 2.75) is 33.0 Å². The molecule has 2 heterocycles. The van der Waals surface area contributed by atoms with Crippen molar-refractivity contribution < 1.29 is 9.53 Å². The van der Waals surface area contributed by atoms with Crippen molar-refractivity contribution in [3.05, 3.63) is 63.1 Å². The monoisotopic (exact) mass is 399 g/mol. The summed E-state index contributed by atoms with van der Waals surface area (Å²) in [6.07, 6.45) is 2.29. The molecule has 0 bridgehead atoms. The Kier molecular flexibility index (Phi) is 6.61. The van der Waals surface area contributed by atoms with E-state index >= 15 is 0 Å². The van der Waals surface area contributed by atoms with Gasteiger partial charge in [0.05, 0.1) is 19.5 Å². The van der Waals surface area contributed by atoms with E-state index in [0.717, 1.165) is 16.6 Å². The van der Waals surface area contributed by atoms with Crippen LogP contribution >= 0.6 is 0 Å². The van der Waals surface area contributed by atoms with Crippen LogP contribution in [0.15, 0.2) is 46.2 Å². The number of nitrogens with zero attached hydrogens (tertiary/aromatic N) is 4. The molecule has 1 N–H and O–H groups in total. The number of hydrogen-bond acceptors (Lipinski definition) is 5. The first-order chi connectivity index (χ1) is 14.1. The summed E-state index contributed by atoms with van der Waals surface area (Å²) in [6.45, 7) is 3.12. The molecule has 29 heavy (non-hydrogen) atoms. The van der Waals surface area contributed by atoms with Gasteiger partial charge in [-0.1, -0.05) is 37.3 Å². The van der Waals surface area contributed by atoms with Crippen molar-refractivity contribution in [2.24, 2.45) is 0 Å². The van der Waals surface area contributed by atoms with E-state index in [1.807, 2.05) is 37.3 Å². The Balaban J connectivity index is 2.14. The number of carbonyl (C=O) groups is 1. The summed E-state index contributed by atoms with van der Waals surface area (Å²) in [4.78, 5) is 42.7. The molecule has 0 fully saturated rings. The Labute approximate surface area is 167 Å². The van der Waals surface area contributed by atoms with Gasteiger partial charge in [0.2, 0.25) is 5.91 Å². The number of methoxy groups -OCH3 is 1. The number of hydrogen-bond donors (Lipinski definition) is 1. The lowest BCUT2D eigenvalue weighted by Crippen LogP contribution is -2.44. The zero-order valence-electron chi connectivity index (χ0n) is 16.6. The molecule has 0 saturated heterocycles. The summed E-state index contributed by atoms with van der Waals surface area (Å²) >= 11 is 0. The van der Waals surface area contributed by atoms with Crippen LogP contribution in [0.5, 0.6) is 0 Å². The molecule has 0 aliphatic rings. The fourth-order valence-electron chi connectivity index (χ4n) is 3.11. The molecule has 9 heteroatoms. The van der Waals surface area contributed by atoms with Crippen LogP contribution < -0.4 is 16.6 Å². The topological polar surface area (TPSA) is 100 Å². The predicted octanol–water partition coefficient (Wildman–Crippen LogP) is 0.581. The quantitative estimate of drug-likeness (QED) is 0.567. The number of fused-ring (bicyclic) bond motifs is 1. The Morgan fingerprint density at radius 1 is 1.17 bits per heavy atom. The zero-order valence-corrected chi connectivity index (χ0v) is 16.6. The molecule has 1 aromatic carbocycles. The minimum Gasteiger partial charge on any atom is -0.383 e. The number of carbonyl (C=O) groups excluding carboxylic acids is 1. The van der Waals surface area contributed by atoms with Gasteiger partial charge in [0.15, 0.2) is 11.2 Å². The zero-order chi connectivity index (χ0) is 20.8. The molecule has 1 amide bonds. The Bertz CT molecular complexity index is 1100. The SMILES string of the molecule is CCCNC(=O)Cn1c(=O)c2c(ncn2CCOC)n(Cc2ccccc2)c1=O. The second-order valence-electron chi connectivity index (χ2n) is 6.70. The number of amides is 1. The molecule has 0 saturated carbocycles. The van der Waals surface area contributed by atoms with Crippen molar-refractivity contribution in [3.8, 4) is 0 Å². The number of imidazole rings is 1. The summed E-state index contributed by atoms with van der Waals surface area (Å²) in [5.74, 6) is -0.375. The first-order valence-electron chi connectivity index (χ1n) is 9.54. The second-order valence-corrected chi connectivity index (χ2v) is 6.70. The van der Waals surface area contributed by atoms with Crippen molar-refractivity contribution in [2.75, 3.05) is 20.3 Å². The highest BCUT2D eigenvalue weighted by Gasteiger charge is 2.19. The summed E-state index contributed by atoms with van der Waals surface area (Å²) < 4.78 is 9.16. The number of aromatic nitrogens is 4. The molecule has 2 aromatic heterocycles. The van der Waals surface area contributed by atoms with Crippen molar-refractivity contribution >= 4 is 17.1 Å². The van der Waals surface area contributed by atoms with E-state index in [9.17, 15) is 14.4 Å². The van der Waals surface area contributed by atoms with E-state index in [-0.39, 0.29) is 24.5 Å². The first kappa shape index (κ1) is 20.5. The average molecular weight is 399 g/mol. The minimum atomic E-state index is -0.560. The predicted molar refractivity (Wildman–Crippen MR) is 109 cm³/mol. The lowest BCUT2D eigenvalue weighted by atomic mass is 10.2. The molecule has 0 aliphatic carbocycles. The standard InChI is InChI=1S/C20H25N5O4/c1-3-9-21-16(26)13-25-19(27)17-18(22-14-23(17)10-11-29-2)24(20(25)28)12-15-7-5-4-6-8-15/h4-8,14H,3,9-13H2,1-2H3,(H,21,26). The van der Waals surface area contributed by atoms with Crippen LogP contribution in [-0.4, -0.2) is 44.9 Å². The second kappa shape index (κ2) is 9.33. The van der Waals surface area contributed by atoms with Gasteiger partial charge in [-0.2, -0.15) is 0 Å². The van der Waals surface area contributed by atoms with E-state index in [0.29, 0.717) is 25.3 Å². The highest BCUT2D eigenvalue weighted by atomic mass is 16.5. The largest absolute Gasteiger partial charge is 0.383 e. The maximum absolute atomic E-state index is 13.1. The molecule has 0 unspecified atom stereocenters. The van der Waals surface area contributed by atoms with E-state index in [1.54, 1.807) is 11.7 Å². The molecule has 154 valence electrons. The molecule has 0 atom stereocenters. The minimum absolute atomic E-state index is 0.244. The molecular formula is C20H25N5O4. The van der Waals surface area contributed by atoms with Crippen molar-refractivity contribution in [1.29, 1.82) is 0 Å². The van der Waals surface area contributed by atoms with Gasteiger partial charge in [-0.3, -0.25) is 14.2 Å². The Morgan fingerprint density at radius 2 is 1.93 bits per heavy atom. The molecule has 0 radical (unpaired) electrons. The molecule has 0 aliphatic heterocycles. The van der Waals surface area contributed by atoms with Gasteiger partial charge in [-0.05, 0) is 12.0 Å². The fraction of sp³-hybridized carbons (Fsp3) is 0.400. The molecule has 9 nitrogen and oxygen atoms in total. The van der Waals surface area contributed by atoms with Gasteiger partial charge in [-0.25, -0.2) is 14.3 Å². The van der Waals surface area contributed by atoms with E-state index in [1.165, 1.54) is 10.9 Å². The van der Waals surface area contributed by atoms with Crippen LogP contribution in [0.25, 0.3) is 11.2 Å². The van der Waals surface area contributed by atoms with Crippen LogP contribution in [0.4, 0.5) is 0 Å². The van der Waals surface area contributed by atoms with Crippen LogP contribution in [0.2, 0.25) is 0 Å². The van der Waals surface area contributed by atoms with E-state index in [4.69, 9.17) is 4.74 Å². The summed E-state index contributed by atoms with van der Waals surface area (Å²) in [6, 6.07) is 9.43. The van der Waals surface area contributed by atoms with Crippen LogP contribution in [0.3, 0.4) is 0 Å². The lowest BCUT2D eigenvalue weighted by molar-refractivity contribution is -0.121. The van der Waals surface area contributed by atoms with Crippen LogP contribution in [-0.2, 0) is 29.2 Å². The Morgan fingerprint density at radius 3 is 2.62 bits per heavy atom. The third kappa shape index (κ3) is 4.45. The van der Waals surface area contributed by atoms with Crippen LogP contribution in [0, 0.1) is 0 Å². The van der Waals surface area contributed by atoms with Gasteiger partial charge in [0.1, 0.15) is 6.54 Å². The summed E-state index contributed by atoms with van der Waals surface area (Å²) in [7, 11) is 1.57. The van der Waals surface area contributed by atoms with Gasteiger partial charge in [0.25, 0.3) is 5.56 Å². The number of nitrogens with one attached hydrogen (secondary N) is 1. The van der Waals surface area contributed by atoms with Gasteiger partial charge in [-0.15, -0.1) is 0 Å². The smallest absolute Gasteiger partial charge is 0.333 e. The van der Waals surface area contributed by atoms with Gasteiger partial charge >= 0.3 is 5.69 Å². The third-order valence-electron chi connectivity index (χ3n) is 4.58. The molecule has 0 spiro atoms. The molecule has 3 rings (SSSR count). The van der Waals surface area contributed by atoms with Crippen molar-refractivity contribution in [1.82, 2.24) is 24.0 Å². The normalized spacial score (nSPS) is 11.1. The first-order valence-corrected chi connectivity index (χ1v) is 9.54. The summed E-state index contributed by atoms with van der Waals surface area (Å²) in [5, 5.41) is 2.71. The number of ether oxygens (including phenoxy) is 1. The highest BCUT2D eigenvalue weighted by Crippen LogP contribution is 2.09. The number of benzene rings is 1. The lowest BCUT2D eigenvalue weighted by Gasteiger charge is -2.13. The van der Waals surface area contributed by atoms with Gasteiger partial charge in [0, 0.05) is 20.2 Å². The van der Waals surface area contributed by atoms with E-state index < -0.39 is 11.2 Å². The fourth-order valence-corrected chi connectivity index (χ4v) is 3.11. The maximum atomic E-state index is 13.1. The van der Waals surface area contributed by atoms with Crippen LogP contribution in [0.1, 0.15) is 18.9 Å².